The summed E-state index contributed by atoms with van der Waals surface area (Å²) >= 11 is 1.39. The fourth-order valence-corrected chi connectivity index (χ4v) is 3.26. The number of nitrogens with one attached hydrogen (secondary N) is 2. The molecule has 1 aliphatic heterocycles. The highest BCUT2D eigenvalue weighted by Crippen LogP contribution is 2.21. The molecule has 0 radical (unpaired) electrons. The van der Waals surface area contributed by atoms with Crippen molar-refractivity contribution in [3.63, 3.8) is 0 Å². The van der Waals surface area contributed by atoms with Crippen LogP contribution in [0, 0.1) is 5.82 Å². The first-order valence-corrected chi connectivity index (χ1v) is 8.81. The Labute approximate surface area is 148 Å². The molecule has 0 atom stereocenters. The predicted octanol–water partition coefficient (Wildman–Crippen LogP) is 2.14. The zero-order valence-electron chi connectivity index (χ0n) is 13.2. The van der Waals surface area contributed by atoms with E-state index >= 15 is 0 Å². The molecule has 130 valence electrons. The summed E-state index contributed by atoms with van der Waals surface area (Å²) in [4.78, 5) is 14.7. The Hall–Kier alpha value is -0.820. The van der Waals surface area contributed by atoms with Crippen molar-refractivity contribution in [2.75, 3.05) is 45.0 Å². The van der Waals surface area contributed by atoms with Crippen molar-refractivity contribution in [3.05, 3.63) is 30.1 Å². The maximum Gasteiger partial charge on any atom is 0.220 e. The van der Waals surface area contributed by atoms with Gasteiger partial charge in [-0.05, 0) is 25.1 Å². The number of rotatable bonds is 8. The van der Waals surface area contributed by atoms with E-state index in [0.717, 1.165) is 39.1 Å². The molecule has 1 heterocycles. The van der Waals surface area contributed by atoms with E-state index in [9.17, 15) is 9.18 Å². The van der Waals surface area contributed by atoms with Gasteiger partial charge in [-0.1, -0.05) is 12.1 Å². The molecule has 1 fully saturated rings. The second kappa shape index (κ2) is 11.7. The van der Waals surface area contributed by atoms with Crippen LogP contribution in [0.2, 0.25) is 0 Å². The summed E-state index contributed by atoms with van der Waals surface area (Å²) in [6.07, 6.45) is 1.40. The minimum absolute atomic E-state index is 0. The van der Waals surface area contributed by atoms with Crippen molar-refractivity contribution in [2.24, 2.45) is 0 Å². The Morgan fingerprint density at radius 3 is 2.78 bits per heavy atom. The van der Waals surface area contributed by atoms with Gasteiger partial charge in [-0.15, -0.1) is 24.2 Å². The van der Waals surface area contributed by atoms with E-state index < -0.39 is 0 Å². The van der Waals surface area contributed by atoms with E-state index in [1.165, 1.54) is 17.8 Å². The number of hydrogen-bond acceptors (Lipinski definition) is 4. The van der Waals surface area contributed by atoms with E-state index in [2.05, 4.69) is 15.5 Å². The minimum Gasteiger partial charge on any atom is -0.356 e. The fraction of sp³-hybridized carbons (Fsp3) is 0.562. The molecule has 0 aromatic heterocycles. The van der Waals surface area contributed by atoms with E-state index in [1.807, 2.05) is 6.07 Å². The number of carbonyl (C=O) groups is 1. The lowest BCUT2D eigenvalue weighted by Crippen LogP contribution is -2.44. The van der Waals surface area contributed by atoms with Gasteiger partial charge in [0.1, 0.15) is 5.82 Å². The first-order valence-electron chi connectivity index (χ1n) is 7.83. The molecule has 0 bridgehead atoms. The van der Waals surface area contributed by atoms with E-state index in [1.54, 1.807) is 12.1 Å². The summed E-state index contributed by atoms with van der Waals surface area (Å²) in [6, 6.07) is 6.66. The fourth-order valence-electron chi connectivity index (χ4n) is 2.37. The Morgan fingerprint density at radius 1 is 1.30 bits per heavy atom. The van der Waals surface area contributed by atoms with E-state index in [4.69, 9.17) is 0 Å². The maximum atomic E-state index is 13.4. The average Bonchev–Trinajstić information content (AvgIpc) is 2.54. The van der Waals surface area contributed by atoms with Crippen LogP contribution in [0.4, 0.5) is 4.39 Å². The molecule has 0 aliphatic carbocycles. The molecule has 0 spiro atoms. The molecular formula is C16H25ClFN3OS. The number of carbonyl (C=O) groups excluding carboxylic acids is 1. The number of thioether (sulfide) groups is 1. The number of benzene rings is 1. The molecular weight excluding hydrogens is 337 g/mol. The van der Waals surface area contributed by atoms with Gasteiger partial charge in [-0.3, -0.25) is 4.79 Å². The Kier molecular flexibility index (Phi) is 10.3. The molecule has 0 saturated carbocycles. The van der Waals surface area contributed by atoms with Gasteiger partial charge in [0.2, 0.25) is 5.91 Å². The van der Waals surface area contributed by atoms with Crippen molar-refractivity contribution in [2.45, 2.75) is 17.7 Å². The summed E-state index contributed by atoms with van der Waals surface area (Å²) in [5, 5.41) is 6.26. The molecule has 2 rings (SSSR count). The van der Waals surface area contributed by atoms with Crippen LogP contribution in [0.3, 0.4) is 0 Å². The number of piperazine rings is 1. The normalized spacial score (nSPS) is 15.0. The van der Waals surface area contributed by atoms with Gasteiger partial charge in [0.25, 0.3) is 0 Å². The van der Waals surface area contributed by atoms with Crippen molar-refractivity contribution >= 4 is 30.1 Å². The number of hydrogen-bond donors (Lipinski definition) is 2. The SMILES string of the molecule is Cl.O=C(CCSc1ccccc1F)NCCCN1CCNCC1. The zero-order valence-corrected chi connectivity index (χ0v) is 14.9. The van der Waals surface area contributed by atoms with Crippen LogP contribution in [0.5, 0.6) is 0 Å². The first-order chi connectivity index (χ1) is 10.8. The summed E-state index contributed by atoms with van der Waals surface area (Å²) in [5.74, 6) is 0.429. The lowest BCUT2D eigenvalue weighted by atomic mass is 10.3. The van der Waals surface area contributed by atoms with Crippen LogP contribution >= 0.6 is 24.2 Å². The monoisotopic (exact) mass is 361 g/mol. The molecule has 7 heteroatoms. The zero-order chi connectivity index (χ0) is 15.6. The van der Waals surface area contributed by atoms with Crippen molar-refractivity contribution in [3.8, 4) is 0 Å². The van der Waals surface area contributed by atoms with Crippen molar-refractivity contribution in [1.29, 1.82) is 0 Å². The summed E-state index contributed by atoms with van der Waals surface area (Å²) in [7, 11) is 0. The molecule has 1 aromatic rings. The highest BCUT2D eigenvalue weighted by molar-refractivity contribution is 7.99. The van der Waals surface area contributed by atoms with E-state index in [-0.39, 0.29) is 24.1 Å². The highest BCUT2D eigenvalue weighted by atomic mass is 35.5. The van der Waals surface area contributed by atoms with Gasteiger partial charge in [0.15, 0.2) is 0 Å². The number of amides is 1. The van der Waals surface area contributed by atoms with Crippen LogP contribution < -0.4 is 10.6 Å². The number of nitrogens with zero attached hydrogens (tertiary/aromatic N) is 1. The van der Waals surface area contributed by atoms with Crippen LogP contribution in [-0.4, -0.2) is 55.8 Å². The smallest absolute Gasteiger partial charge is 0.220 e. The largest absolute Gasteiger partial charge is 0.356 e. The quantitative estimate of drug-likeness (QED) is 0.550. The lowest BCUT2D eigenvalue weighted by molar-refractivity contribution is -0.120. The van der Waals surface area contributed by atoms with Crippen molar-refractivity contribution < 1.29 is 9.18 Å². The van der Waals surface area contributed by atoms with Crippen LogP contribution in [0.25, 0.3) is 0 Å². The molecule has 4 nitrogen and oxygen atoms in total. The molecule has 1 aromatic carbocycles. The molecule has 1 amide bonds. The van der Waals surface area contributed by atoms with Crippen LogP contribution in [0.1, 0.15) is 12.8 Å². The topological polar surface area (TPSA) is 44.4 Å². The second-order valence-corrected chi connectivity index (χ2v) is 6.46. The maximum absolute atomic E-state index is 13.4. The van der Waals surface area contributed by atoms with Gasteiger partial charge in [-0.25, -0.2) is 4.39 Å². The van der Waals surface area contributed by atoms with Gasteiger partial charge in [0, 0.05) is 49.8 Å². The summed E-state index contributed by atoms with van der Waals surface area (Å²) in [5.41, 5.74) is 0. The molecule has 23 heavy (non-hydrogen) atoms. The van der Waals surface area contributed by atoms with Gasteiger partial charge in [-0.2, -0.15) is 0 Å². The lowest BCUT2D eigenvalue weighted by Gasteiger charge is -2.27. The molecule has 1 aliphatic rings. The van der Waals surface area contributed by atoms with Gasteiger partial charge in [0.05, 0.1) is 0 Å². The van der Waals surface area contributed by atoms with Crippen LogP contribution in [-0.2, 0) is 4.79 Å². The second-order valence-electron chi connectivity index (χ2n) is 5.32. The Morgan fingerprint density at radius 2 is 2.04 bits per heavy atom. The van der Waals surface area contributed by atoms with Crippen LogP contribution in [0.15, 0.2) is 29.2 Å². The average molecular weight is 362 g/mol. The first kappa shape index (κ1) is 20.2. The summed E-state index contributed by atoms with van der Waals surface area (Å²) in [6.45, 7) is 6.04. The molecule has 0 unspecified atom stereocenters. The summed E-state index contributed by atoms with van der Waals surface area (Å²) < 4.78 is 13.4. The standard InChI is InChI=1S/C16H24FN3OS.ClH/c17-14-4-1-2-5-15(14)22-13-6-16(21)19-7-3-10-20-11-8-18-9-12-20;/h1-2,4-5,18H,3,6-13H2,(H,19,21);1H. The Bertz CT molecular complexity index is 472. The predicted molar refractivity (Wildman–Crippen MR) is 95.9 cm³/mol. The molecule has 1 saturated heterocycles. The third-order valence-electron chi connectivity index (χ3n) is 3.61. The highest BCUT2D eigenvalue weighted by Gasteiger charge is 2.09. The van der Waals surface area contributed by atoms with E-state index in [0.29, 0.717) is 23.6 Å². The van der Waals surface area contributed by atoms with Gasteiger partial charge >= 0.3 is 0 Å². The number of halogens is 2. The van der Waals surface area contributed by atoms with Gasteiger partial charge < -0.3 is 15.5 Å². The third-order valence-corrected chi connectivity index (χ3v) is 4.66. The minimum atomic E-state index is -0.219. The van der Waals surface area contributed by atoms with Crippen molar-refractivity contribution in [1.82, 2.24) is 15.5 Å². The Balaban J connectivity index is 0.00000264. The molecule has 2 N–H and O–H groups in total. The third kappa shape index (κ3) is 8.01.